The van der Waals surface area contributed by atoms with Crippen LogP contribution in [0.4, 0.5) is 0 Å². The fourth-order valence-corrected chi connectivity index (χ4v) is 1.52. The van der Waals surface area contributed by atoms with E-state index in [1.165, 1.54) is 5.56 Å². The standard InChI is InChI=1S/C12H19NO/c1-3-13(9-11(2)14)10-12-7-5-4-6-8-12/h4-8,11,14H,3,9-10H2,1-2H3/t11-/m0/s1. The first-order valence-electron chi connectivity index (χ1n) is 5.16. The van der Waals surface area contributed by atoms with Gasteiger partial charge in [-0.15, -0.1) is 0 Å². The zero-order valence-corrected chi connectivity index (χ0v) is 8.98. The predicted octanol–water partition coefficient (Wildman–Crippen LogP) is 1.89. The first-order valence-corrected chi connectivity index (χ1v) is 5.16. The molecule has 1 N–H and O–H groups in total. The topological polar surface area (TPSA) is 23.5 Å². The lowest BCUT2D eigenvalue weighted by molar-refractivity contribution is 0.126. The third kappa shape index (κ3) is 3.90. The van der Waals surface area contributed by atoms with Gasteiger partial charge < -0.3 is 5.11 Å². The summed E-state index contributed by atoms with van der Waals surface area (Å²) >= 11 is 0. The molecule has 14 heavy (non-hydrogen) atoms. The predicted molar refractivity (Wildman–Crippen MR) is 59.1 cm³/mol. The molecule has 1 aromatic carbocycles. The molecule has 1 atom stereocenters. The summed E-state index contributed by atoms with van der Waals surface area (Å²) in [6.07, 6.45) is -0.251. The fourth-order valence-electron chi connectivity index (χ4n) is 1.52. The second-order valence-electron chi connectivity index (χ2n) is 3.66. The van der Waals surface area contributed by atoms with Crippen LogP contribution in [-0.2, 0) is 6.54 Å². The van der Waals surface area contributed by atoms with Crippen LogP contribution < -0.4 is 0 Å². The van der Waals surface area contributed by atoms with E-state index in [4.69, 9.17) is 0 Å². The molecule has 78 valence electrons. The molecule has 0 amide bonds. The summed E-state index contributed by atoms with van der Waals surface area (Å²) in [4.78, 5) is 2.24. The number of aliphatic hydroxyl groups is 1. The summed E-state index contributed by atoms with van der Waals surface area (Å²) in [6.45, 7) is 6.58. The second kappa shape index (κ2) is 5.78. The number of aliphatic hydroxyl groups excluding tert-OH is 1. The average molecular weight is 193 g/mol. The Morgan fingerprint density at radius 2 is 1.93 bits per heavy atom. The minimum atomic E-state index is -0.251. The molecule has 0 saturated carbocycles. The molecule has 1 rings (SSSR count). The van der Waals surface area contributed by atoms with E-state index in [2.05, 4.69) is 24.0 Å². The van der Waals surface area contributed by atoms with Crippen LogP contribution in [0.25, 0.3) is 0 Å². The molecule has 2 nitrogen and oxygen atoms in total. The fraction of sp³-hybridized carbons (Fsp3) is 0.500. The molecule has 0 spiro atoms. The lowest BCUT2D eigenvalue weighted by Gasteiger charge is -2.21. The zero-order valence-electron chi connectivity index (χ0n) is 8.98. The van der Waals surface area contributed by atoms with Gasteiger partial charge in [0.15, 0.2) is 0 Å². The highest BCUT2D eigenvalue weighted by Gasteiger charge is 2.05. The molecule has 0 aliphatic carbocycles. The van der Waals surface area contributed by atoms with Crippen LogP contribution in [0.5, 0.6) is 0 Å². The summed E-state index contributed by atoms with van der Waals surface area (Å²) < 4.78 is 0. The first kappa shape index (κ1) is 11.2. The highest BCUT2D eigenvalue weighted by atomic mass is 16.3. The largest absolute Gasteiger partial charge is 0.392 e. The van der Waals surface area contributed by atoms with Gasteiger partial charge in [-0.1, -0.05) is 37.3 Å². The van der Waals surface area contributed by atoms with E-state index < -0.39 is 0 Å². The van der Waals surface area contributed by atoms with Crippen molar-refractivity contribution in [1.82, 2.24) is 4.90 Å². The summed E-state index contributed by atoms with van der Waals surface area (Å²) in [5.74, 6) is 0. The Morgan fingerprint density at radius 1 is 1.29 bits per heavy atom. The van der Waals surface area contributed by atoms with Gasteiger partial charge in [-0.25, -0.2) is 0 Å². The zero-order chi connectivity index (χ0) is 10.4. The molecule has 0 bridgehead atoms. The van der Waals surface area contributed by atoms with Gasteiger partial charge >= 0.3 is 0 Å². The Balaban J connectivity index is 2.48. The number of likely N-dealkylation sites (N-methyl/N-ethyl adjacent to an activating group) is 1. The third-order valence-corrected chi connectivity index (χ3v) is 2.22. The van der Waals surface area contributed by atoms with Crippen LogP contribution in [0.15, 0.2) is 30.3 Å². The maximum absolute atomic E-state index is 9.29. The average Bonchev–Trinajstić information content (AvgIpc) is 2.17. The summed E-state index contributed by atoms with van der Waals surface area (Å²) in [5, 5.41) is 9.29. The Hall–Kier alpha value is -0.860. The van der Waals surface area contributed by atoms with Crippen LogP contribution in [0.3, 0.4) is 0 Å². The van der Waals surface area contributed by atoms with Crippen molar-refractivity contribution in [2.75, 3.05) is 13.1 Å². The van der Waals surface area contributed by atoms with Gasteiger partial charge in [0.1, 0.15) is 0 Å². The maximum atomic E-state index is 9.29. The Kier molecular flexibility index (Phi) is 4.63. The first-order chi connectivity index (χ1) is 6.72. The van der Waals surface area contributed by atoms with E-state index in [1.807, 2.05) is 25.1 Å². The van der Waals surface area contributed by atoms with Crippen molar-refractivity contribution in [2.45, 2.75) is 26.5 Å². The van der Waals surface area contributed by atoms with Crippen molar-refractivity contribution >= 4 is 0 Å². The van der Waals surface area contributed by atoms with Crippen LogP contribution >= 0.6 is 0 Å². The van der Waals surface area contributed by atoms with E-state index in [0.29, 0.717) is 0 Å². The molecule has 0 heterocycles. The van der Waals surface area contributed by atoms with Gasteiger partial charge in [0.2, 0.25) is 0 Å². The quantitative estimate of drug-likeness (QED) is 0.772. The Bertz CT molecular complexity index is 246. The van der Waals surface area contributed by atoms with E-state index in [-0.39, 0.29) is 6.10 Å². The number of benzene rings is 1. The lowest BCUT2D eigenvalue weighted by atomic mass is 10.2. The number of hydrogen-bond acceptors (Lipinski definition) is 2. The van der Waals surface area contributed by atoms with Crippen LogP contribution in [0.2, 0.25) is 0 Å². The highest BCUT2D eigenvalue weighted by molar-refractivity contribution is 5.14. The molecule has 0 fully saturated rings. The van der Waals surface area contributed by atoms with E-state index in [1.54, 1.807) is 0 Å². The molecule has 0 aromatic heterocycles. The summed E-state index contributed by atoms with van der Waals surface area (Å²) in [5.41, 5.74) is 1.30. The maximum Gasteiger partial charge on any atom is 0.0639 e. The third-order valence-electron chi connectivity index (χ3n) is 2.22. The van der Waals surface area contributed by atoms with E-state index in [9.17, 15) is 5.11 Å². The molecule has 0 radical (unpaired) electrons. The summed E-state index contributed by atoms with van der Waals surface area (Å²) in [7, 11) is 0. The van der Waals surface area contributed by atoms with Crippen molar-refractivity contribution in [3.63, 3.8) is 0 Å². The normalized spacial score (nSPS) is 13.1. The molecular formula is C12H19NO. The minimum Gasteiger partial charge on any atom is -0.392 e. The number of hydrogen-bond donors (Lipinski definition) is 1. The van der Waals surface area contributed by atoms with Crippen molar-refractivity contribution in [1.29, 1.82) is 0 Å². The van der Waals surface area contributed by atoms with Crippen molar-refractivity contribution in [3.05, 3.63) is 35.9 Å². The molecule has 0 unspecified atom stereocenters. The van der Waals surface area contributed by atoms with Crippen LogP contribution in [-0.4, -0.2) is 29.2 Å². The Morgan fingerprint density at radius 3 is 2.43 bits per heavy atom. The smallest absolute Gasteiger partial charge is 0.0639 e. The molecule has 0 saturated heterocycles. The van der Waals surface area contributed by atoms with Gasteiger partial charge in [-0.3, -0.25) is 4.90 Å². The molecule has 2 heteroatoms. The van der Waals surface area contributed by atoms with E-state index >= 15 is 0 Å². The lowest BCUT2D eigenvalue weighted by Crippen LogP contribution is -2.30. The second-order valence-corrected chi connectivity index (χ2v) is 3.66. The molecular weight excluding hydrogens is 174 g/mol. The molecule has 0 aliphatic heterocycles. The number of rotatable bonds is 5. The monoisotopic (exact) mass is 193 g/mol. The van der Waals surface area contributed by atoms with Crippen LogP contribution in [0, 0.1) is 0 Å². The van der Waals surface area contributed by atoms with Crippen LogP contribution in [0.1, 0.15) is 19.4 Å². The van der Waals surface area contributed by atoms with Gasteiger partial charge in [0.05, 0.1) is 6.10 Å². The van der Waals surface area contributed by atoms with Gasteiger partial charge in [-0.05, 0) is 19.0 Å². The van der Waals surface area contributed by atoms with Crippen molar-refractivity contribution in [3.8, 4) is 0 Å². The Labute approximate surface area is 86.2 Å². The van der Waals surface area contributed by atoms with Gasteiger partial charge in [0, 0.05) is 13.1 Å². The van der Waals surface area contributed by atoms with Gasteiger partial charge in [-0.2, -0.15) is 0 Å². The molecule has 1 aromatic rings. The van der Waals surface area contributed by atoms with Gasteiger partial charge in [0.25, 0.3) is 0 Å². The number of nitrogens with zero attached hydrogens (tertiary/aromatic N) is 1. The van der Waals surface area contributed by atoms with Crippen molar-refractivity contribution < 1.29 is 5.11 Å². The SMILES string of the molecule is CCN(Cc1ccccc1)C[C@H](C)O. The van der Waals surface area contributed by atoms with E-state index in [0.717, 1.165) is 19.6 Å². The highest BCUT2D eigenvalue weighted by Crippen LogP contribution is 2.04. The summed E-state index contributed by atoms with van der Waals surface area (Å²) in [6, 6.07) is 10.3. The minimum absolute atomic E-state index is 0.251. The van der Waals surface area contributed by atoms with Crippen molar-refractivity contribution in [2.24, 2.45) is 0 Å². The molecule has 0 aliphatic rings.